The number of hydrogen-bond donors (Lipinski definition) is 15. The number of rotatable bonds is 16. The third kappa shape index (κ3) is 12.7. The highest BCUT2D eigenvalue weighted by Crippen LogP contribution is 2.46. The topological polar surface area (TPSA) is 423 Å². The average molecular weight is 1080 g/mol. The van der Waals surface area contributed by atoms with E-state index in [9.17, 15) is 86.2 Å². The van der Waals surface area contributed by atoms with Crippen LogP contribution in [0.25, 0.3) is 34.4 Å². The van der Waals surface area contributed by atoms with Gasteiger partial charge in [-0.05, 0) is 47.5 Å². The van der Waals surface area contributed by atoms with Crippen LogP contribution in [0.2, 0.25) is 0 Å². The molecule has 3 saturated heterocycles. The van der Waals surface area contributed by atoms with Crippen molar-refractivity contribution in [1.29, 1.82) is 0 Å². The summed E-state index contributed by atoms with van der Waals surface area (Å²) in [5, 5.41) is 159. The Kier molecular flexibility index (Phi) is 17.3. The summed E-state index contributed by atoms with van der Waals surface area (Å²) < 4.78 is 52.3. The largest absolute Gasteiger partial charge is 0.508 e. The molecule has 4 heterocycles. The van der Waals surface area contributed by atoms with Gasteiger partial charge in [-0.3, -0.25) is 0 Å². The third-order valence-corrected chi connectivity index (χ3v) is 12.5. The molecule has 3 aliphatic rings. The van der Waals surface area contributed by atoms with Gasteiger partial charge in [0, 0.05) is 36.4 Å². The molecule has 5 aromatic rings. The average Bonchev–Trinajstić information content (AvgIpc) is 3.42. The quantitative estimate of drug-likeness (QED) is 0.0252. The van der Waals surface area contributed by atoms with Crippen molar-refractivity contribution in [3.8, 4) is 57.3 Å². The van der Waals surface area contributed by atoms with Crippen LogP contribution in [0.15, 0.2) is 95.4 Å². The number of carbonyl (C=O) groups excluding carboxylic acids is 2. The van der Waals surface area contributed by atoms with Gasteiger partial charge in [0.25, 0.3) is 0 Å². The predicted molar refractivity (Wildman–Crippen MR) is 256 cm³/mol. The van der Waals surface area contributed by atoms with Gasteiger partial charge >= 0.3 is 23.3 Å². The molecule has 3 aliphatic heterocycles. The molecule has 0 amide bonds. The molecule has 26 heteroatoms. The van der Waals surface area contributed by atoms with E-state index in [0.717, 1.165) is 42.5 Å². The summed E-state index contributed by atoms with van der Waals surface area (Å²) in [5.41, 5.74) is 0.424. The van der Waals surface area contributed by atoms with Crippen LogP contribution in [-0.2, 0) is 38.0 Å². The van der Waals surface area contributed by atoms with Crippen LogP contribution in [0, 0.1) is 0 Å². The van der Waals surface area contributed by atoms with Crippen molar-refractivity contribution < 1.29 is 128 Å². The molecule has 1 aromatic heterocycles. The smallest absolute Gasteiger partial charge is 0.402 e. The Hall–Kier alpha value is -7.41. The lowest BCUT2D eigenvalue weighted by atomic mass is 9.97. The molecule has 15 N–H and O–H groups in total. The van der Waals surface area contributed by atoms with Gasteiger partial charge in [-0.15, -0.1) is 0 Å². The number of aliphatic hydroxyl groups is 9. The molecule has 4 aromatic carbocycles. The number of benzene rings is 4. The summed E-state index contributed by atoms with van der Waals surface area (Å²) in [6.45, 7) is -2.41. The fourth-order valence-corrected chi connectivity index (χ4v) is 8.24. The summed E-state index contributed by atoms with van der Waals surface area (Å²) >= 11 is 0. The fraction of sp³-hybridized carbons (Fsp3) is 0.353. The lowest BCUT2D eigenvalue weighted by Gasteiger charge is -2.45. The lowest BCUT2D eigenvalue weighted by molar-refractivity contribution is -0.358. The SMILES string of the molecule is O=C(C=Cc1ccc(O)cc1)OC[C@H]1O[C@@H](O[C@H]2[C@H](Oc3cc4c(O[C@@H]5O[C@H](CO)[C@@H](O)[C@H](O)[C@H]5O)cc(O)cc4[o+]c3-c3cc(O)c(O)c(O)c3)O[C@H](COC(=O)C=Cc3ccc(O)cc3)[C@@H](O)[C@@H]2O)[C@H](O)[C@@H](O)[C@@H]1O. The van der Waals surface area contributed by atoms with E-state index >= 15 is 0 Å². The minimum atomic E-state index is -2.18. The van der Waals surface area contributed by atoms with Crippen molar-refractivity contribution in [2.24, 2.45) is 0 Å². The third-order valence-electron chi connectivity index (χ3n) is 12.5. The molecule has 0 spiro atoms. The van der Waals surface area contributed by atoms with Crippen molar-refractivity contribution >= 4 is 35.1 Å². The first-order valence-corrected chi connectivity index (χ1v) is 23.4. The van der Waals surface area contributed by atoms with Gasteiger partial charge in [-0.25, -0.2) is 14.0 Å². The number of fused-ring (bicyclic) bond motifs is 1. The molecule has 3 fully saturated rings. The van der Waals surface area contributed by atoms with E-state index in [4.69, 9.17) is 42.3 Å². The first kappa shape index (κ1) is 55.8. The molecule has 0 radical (unpaired) electrons. The molecule has 0 bridgehead atoms. The number of phenolic OH excluding ortho intramolecular Hbond substituents is 6. The van der Waals surface area contributed by atoms with Gasteiger partial charge in [0.2, 0.25) is 18.3 Å². The first-order chi connectivity index (χ1) is 36.7. The summed E-state index contributed by atoms with van der Waals surface area (Å²) in [6.07, 6.45) is -24.3. The maximum absolute atomic E-state index is 12.9. The molecular formula is C51H53O26+. The number of phenols is 6. The van der Waals surface area contributed by atoms with Crippen molar-refractivity contribution in [3.63, 3.8) is 0 Å². The normalized spacial score (nSPS) is 29.6. The number of esters is 2. The van der Waals surface area contributed by atoms with Crippen LogP contribution in [-0.4, -0.2) is 200 Å². The Balaban J connectivity index is 1.14. The van der Waals surface area contributed by atoms with E-state index in [1.54, 1.807) is 0 Å². The predicted octanol–water partition coefficient (Wildman–Crippen LogP) is -0.675. The zero-order valence-corrected chi connectivity index (χ0v) is 39.8. The van der Waals surface area contributed by atoms with E-state index in [-0.39, 0.29) is 28.0 Å². The molecule has 412 valence electrons. The second kappa shape index (κ2) is 23.9. The maximum Gasteiger partial charge on any atom is 0.402 e. The Labute approximate surface area is 434 Å². The summed E-state index contributed by atoms with van der Waals surface area (Å²) in [7, 11) is 0. The summed E-state index contributed by atoms with van der Waals surface area (Å²) in [5.74, 6) is -6.70. The highest BCUT2D eigenvalue weighted by atomic mass is 16.8. The molecule has 0 unspecified atom stereocenters. The zero-order chi connectivity index (χ0) is 55.4. The van der Waals surface area contributed by atoms with Crippen molar-refractivity contribution in [1.82, 2.24) is 0 Å². The van der Waals surface area contributed by atoms with E-state index in [1.807, 2.05) is 0 Å². The van der Waals surface area contributed by atoms with Crippen LogP contribution in [0.5, 0.6) is 46.0 Å². The fourth-order valence-electron chi connectivity index (χ4n) is 8.24. The van der Waals surface area contributed by atoms with Crippen molar-refractivity contribution in [2.45, 2.75) is 92.1 Å². The molecule has 15 atom stereocenters. The van der Waals surface area contributed by atoms with Crippen LogP contribution in [0.1, 0.15) is 11.1 Å². The van der Waals surface area contributed by atoms with Gasteiger partial charge in [-0.2, -0.15) is 0 Å². The molecule has 26 nitrogen and oxygen atoms in total. The van der Waals surface area contributed by atoms with Gasteiger partial charge in [-0.1, -0.05) is 24.3 Å². The second-order valence-corrected chi connectivity index (χ2v) is 17.8. The van der Waals surface area contributed by atoms with E-state index in [0.29, 0.717) is 11.1 Å². The Bertz CT molecular complexity index is 2910. The minimum absolute atomic E-state index is 0.0217. The second-order valence-electron chi connectivity index (χ2n) is 17.8. The Morgan fingerprint density at radius 3 is 1.55 bits per heavy atom. The molecule has 77 heavy (non-hydrogen) atoms. The van der Waals surface area contributed by atoms with Gasteiger partial charge in [0.1, 0.15) is 109 Å². The number of aliphatic hydroxyl groups excluding tert-OH is 9. The molecule has 0 aliphatic carbocycles. The molecular weight excluding hydrogens is 1030 g/mol. The van der Waals surface area contributed by atoms with Gasteiger partial charge in [0.15, 0.2) is 29.6 Å². The van der Waals surface area contributed by atoms with Crippen LogP contribution < -0.4 is 9.47 Å². The van der Waals surface area contributed by atoms with Crippen LogP contribution >= 0.6 is 0 Å². The highest BCUT2D eigenvalue weighted by molar-refractivity contribution is 5.90. The summed E-state index contributed by atoms with van der Waals surface area (Å²) in [6, 6.07) is 16.4. The monoisotopic (exact) mass is 1080 g/mol. The number of hydrogen-bond acceptors (Lipinski definition) is 25. The Morgan fingerprint density at radius 1 is 0.519 bits per heavy atom. The number of ether oxygens (including phenoxy) is 8. The van der Waals surface area contributed by atoms with Gasteiger partial charge in [0.05, 0.1) is 18.2 Å². The number of aromatic hydroxyl groups is 6. The number of carbonyl (C=O) groups is 2. The highest BCUT2D eigenvalue weighted by Gasteiger charge is 2.53. The maximum atomic E-state index is 12.9. The van der Waals surface area contributed by atoms with Crippen LogP contribution in [0.4, 0.5) is 0 Å². The summed E-state index contributed by atoms with van der Waals surface area (Å²) in [4.78, 5) is 25.6. The lowest BCUT2D eigenvalue weighted by Crippen LogP contribution is -2.65. The molecule has 8 rings (SSSR count). The van der Waals surface area contributed by atoms with Crippen LogP contribution in [0.3, 0.4) is 0 Å². The molecule has 0 saturated carbocycles. The van der Waals surface area contributed by atoms with E-state index in [1.165, 1.54) is 60.7 Å². The minimum Gasteiger partial charge on any atom is -0.508 e. The zero-order valence-electron chi connectivity index (χ0n) is 39.8. The van der Waals surface area contributed by atoms with E-state index in [2.05, 4.69) is 0 Å². The van der Waals surface area contributed by atoms with Crippen molar-refractivity contribution in [2.75, 3.05) is 19.8 Å². The van der Waals surface area contributed by atoms with Crippen molar-refractivity contribution in [3.05, 3.63) is 102 Å². The van der Waals surface area contributed by atoms with E-state index < -0.39 is 164 Å². The Morgan fingerprint density at radius 2 is 1.00 bits per heavy atom. The van der Waals surface area contributed by atoms with Gasteiger partial charge < -0.3 is 114 Å². The standard InChI is InChI=1S/C51H52O26/c52-18-33-39(61)42(64)45(67)49(74-33)72-31-16-26(55)15-30-27(31)17-32(47(71-30)23-13-28(56)38(60)29(57)14-23)73-51-48(44(66)41(63)35(76-51)20-70-37(59)12-6-22-3-9-25(54)10-4-22)77-50-46(68)43(65)40(62)34(75-50)19-69-36(58)11-5-21-1-7-24(53)8-2-21/h1-17,33-35,39-46,48-52,61-68H,18-20H2,(H5-,53,54,55,56,57,58,59,60)/p+1/t33-,34-,35-,39-,40-,41-,42+,43+,44+,45-,46-,48-,49-,50+,51-/m1/s1. The first-order valence-electron chi connectivity index (χ1n) is 23.4.